The molecule has 0 amide bonds. The van der Waals surface area contributed by atoms with Gasteiger partial charge in [-0.1, -0.05) is 60.7 Å². The summed E-state index contributed by atoms with van der Waals surface area (Å²) in [7, 11) is 0. The fraction of sp³-hybridized carbons (Fsp3) is 0.316. The molecule has 0 radical (unpaired) electrons. The first kappa shape index (κ1) is 13.5. The van der Waals surface area contributed by atoms with Crippen molar-refractivity contribution in [2.75, 3.05) is 6.54 Å². The molecule has 3 atom stereocenters. The molecule has 0 unspecified atom stereocenters. The summed E-state index contributed by atoms with van der Waals surface area (Å²) < 4.78 is 5.87. The second-order valence-electron chi connectivity index (χ2n) is 6.02. The molecule has 0 spiro atoms. The van der Waals surface area contributed by atoms with Crippen molar-refractivity contribution in [2.45, 2.75) is 31.0 Å². The molecule has 3 heteroatoms. The van der Waals surface area contributed by atoms with Crippen molar-refractivity contribution in [2.24, 2.45) is 0 Å². The van der Waals surface area contributed by atoms with E-state index in [1.54, 1.807) is 0 Å². The van der Waals surface area contributed by atoms with E-state index in [0.717, 1.165) is 24.9 Å². The number of ether oxygens (including phenoxy) is 1. The van der Waals surface area contributed by atoms with Crippen LogP contribution in [0.1, 0.15) is 36.1 Å². The molecular weight excluding hydrogens is 275 g/mol. The summed E-state index contributed by atoms with van der Waals surface area (Å²) in [6.45, 7) is 0.961. The highest BCUT2D eigenvalue weighted by molar-refractivity contribution is 5.77. The van der Waals surface area contributed by atoms with Crippen LogP contribution in [0.5, 0.6) is 0 Å². The number of benzene rings is 2. The Morgan fingerprint density at radius 2 is 1.55 bits per heavy atom. The molecule has 4 rings (SSSR count). The van der Waals surface area contributed by atoms with Gasteiger partial charge >= 0.3 is 5.97 Å². The Balaban J connectivity index is 1.79. The van der Waals surface area contributed by atoms with Crippen LogP contribution in [-0.4, -0.2) is 23.5 Å². The van der Waals surface area contributed by atoms with Gasteiger partial charge in [-0.3, -0.25) is 9.69 Å². The molecule has 0 N–H and O–H groups in total. The second-order valence-corrected chi connectivity index (χ2v) is 6.02. The van der Waals surface area contributed by atoms with Crippen LogP contribution in [0.25, 0.3) is 0 Å². The lowest BCUT2D eigenvalue weighted by Gasteiger charge is -2.42. The zero-order valence-corrected chi connectivity index (χ0v) is 12.4. The van der Waals surface area contributed by atoms with Crippen LogP contribution >= 0.6 is 0 Å². The fourth-order valence-corrected chi connectivity index (χ4v) is 3.73. The van der Waals surface area contributed by atoms with Gasteiger partial charge in [-0.05, 0) is 30.5 Å². The zero-order valence-electron chi connectivity index (χ0n) is 12.4. The lowest BCUT2D eigenvalue weighted by Crippen LogP contribution is -2.48. The standard InChI is InChI=1S/C19H19NO2/c21-19-16-12-7-13-20(16)17(14-8-3-1-4-9-14)18(22-19)15-10-5-2-6-11-15/h1-6,8-11,16-18H,7,12-13H2/t16-,17-,18+/m0/s1/i19+1. The summed E-state index contributed by atoms with van der Waals surface area (Å²) in [5.41, 5.74) is 2.28. The minimum Gasteiger partial charge on any atom is -0.454 e. The third-order valence-electron chi connectivity index (χ3n) is 4.72. The molecule has 2 aromatic rings. The molecular formula is C19H19NO2. The molecule has 0 saturated carbocycles. The van der Waals surface area contributed by atoms with Crippen molar-refractivity contribution in [3.8, 4) is 0 Å². The van der Waals surface area contributed by atoms with E-state index in [-0.39, 0.29) is 24.2 Å². The predicted octanol–water partition coefficient (Wildman–Crippen LogP) is 3.49. The van der Waals surface area contributed by atoms with Gasteiger partial charge in [0.2, 0.25) is 0 Å². The number of rotatable bonds is 2. The van der Waals surface area contributed by atoms with Gasteiger partial charge in [-0.25, -0.2) is 0 Å². The van der Waals surface area contributed by atoms with Gasteiger partial charge in [-0.2, -0.15) is 0 Å². The van der Waals surface area contributed by atoms with E-state index in [9.17, 15) is 4.79 Å². The average Bonchev–Trinajstić information content (AvgIpc) is 3.06. The van der Waals surface area contributed by atoms with Gasteiger partial charge in [0.25, 0.3) is 0 Å². The van der Waals surface area contributed by atoms with E-state index in [4.69, 9.17) is 4.74 Å². The molecule has 3 nitrogen and oxygen atoms in total. The maximum absolute atomic E-state index is 12.4. The lowest BCUT2D eigenvalue weighted by atomic mass is 9.93. The molecule has 2 aromatic carbocycles. The monoisotopic (exact) mass is 294 g/mol. The number of fused-ring (bicyclic) bond motifs is 1. The van der Waals surface area contributed by atoms with Crippen molar-refractivity contribution in [1.29, 1.82) is 0 Å². The number of nitrogens with zero attached hydrogens (tertiary/aromatic N) is 1. The summed E-state index contributed by atoms with van der Waals surface area (Å²) in [6.07, 6.45) is 1.74. The van der Waals surface area contributed by atoms with Crippen molar-refractivity contribution in [3.05, 3.63) is 71.8 Å². The minimum absolute atomic E-state index is 0.0708. The first-order valence-corrected chi connectivity index (χ1v) is 7.91. The molecule has 2 fully saturated rings. The average molecular weight is 294 g/mol. The Morgan fingerprint density at radius 3 is 2.23 bits per heavy atom. The molecule has 112 valence electrons. The van der Waals surface area contributed by atoms with Gasteiger partial charge in [-0.15, -0.1) is 0 Å². The van der Waals surface area contributed by atoms with E-state index in [0.29, 0.717) is 0 Å². The maximum Gasteiger partial charge on any atom is 0.324 e. The van der Waals surface area contributed by atoms with Crippen LogP contribution in [0.15, 0.2) is 60.7 Å². The van der Waals surface area contributed by atoms with Crippen LogP contribution in [0, 0.1) is 0 Å². The Morgan fingerprint density at radius 1 is 0.909 bits per heavy atom. The molecule has 2 heterocycles. The van der Waals surface area contributed by atoms with E-state index in [2.05, 4.69) is 29.2 Å². The van der Waals surface area contributed by atoms with E-state index in [1.807, 2.05) is 36.4 Å². The first-order valence-electron chi connectivity index (χ1n) is 7.91. The third-order valence-corrected chi connectivity index (χ3v) is 4.72. The van der Waals surface area contributed by atoms with Crippen LogP contribution in [0.2, 0.25) is 0 Å². The summed E-state index contributed by atoms with van der Waals surface area (Å²) in [5.74, 6) is -0.0708. The highest BCUT2D eigenvalue weighted by Gasteiger charge is 2.47. The molecule has 0 bridgehead atoms. The van der Waals surface area contributed by atoms with Gasteiger partial charge in [0, 0.05) is 0 Å². The first-order chi connectivity index (χ1) is 10.8. The van der Waals surface area contributed by atoms with Crippen molar-refractivity contribution >= 4 is 5.97 Å². The number of cyclic esters (lactones) is 1. The van der Waals surface area contributed by atoms with E-state index in [1.165, 1.54) is 5.56 Å². The summed E-state index contributed by atoms with van der Waals surface area (Å²) >= 11 is 0. The minimum atomic E-state index is -0.231. The molecule has 22 heavy (non-hydrogen) atoms. The van der Waals surface area contributed by atoms with Gasteiger partial charge < -0.3 is 4.74 Å². The van der Waals surface area contributed by atoms with Crippen LogP contribution < -0.4 is 0 Å². The number of hydrogen-bond acceptors (Lipinski definition) is 3. The summed E-state index contributed by atoms with van der Waals surface area (Å²) in [5, 5.41) is 0. The molecule has 2 aliphatic heterocycles. The lowest BCUT2D eigenvalue weighted by molar-refractivity contribution is -0.172. The Bertz CT molecular complexity index is 656. The van der Waals surface area contributed by atoms with E-state index >= 15 is 0 Å². The van der Waals surface area contributed by atoms with Gasteiger partial charge in [0.15, 0.2) is 0 Å². The Labute approximate surface area is 130 Å². The van der Waals surface area contributed by atoms with Crippen molar-refractivity contribution < 1.29 is 9.53 Å². The normalized spacial score (nSPS) is 28.2. The fourth-order valence-electron chi connectivity index (χ4n) is 3.73. The summed E-state index contributed by atoms with van der Waals surface area (Å²) in [6, 6.07) is 20.5. The highest BCUT2D eigenvalue weighted by Crippen LogP contribution is 2.44. The number of morpholine rings is 1. The number of hydrogen-bond donors (Lipinski definition) is 0. The van der Waals surface area contributed by atoms with Gasteiger partial charge in [0.1, 0.15) is 12.1 Å². The van der Waals surface area contributed by atoms with Gasteiger partial charge in [0.05, 0.1) is 6.04 Å². The Kier molecular flexibility index (Phi) is 3.43. The number of esters is 1. The quantitative estimate of drug-likeness (QED) is 0.627. The number of carbonyl (C=O) groups excluding carboxylic acids is 1. The molecule has 2 aliphatic rings. The van der Waals surface area contributed by atoms with Crippen LogP contribution in [0.3, 0.4) is 0 Å². The maximum atomic E-state index is 12.4. The van der Waals surface area contributed by atoms with Crippen molar-refractivity contribution in [1.82, 2.24) is 4.90 Å². The van der Waals surface area contributed by atoms with Crippen LogP contribution in [-0.2, 0) is 9.53 Å². The highest BCUT2D eigenvalue weighted by atomic mass is 16.6. The second kappa shape index (κ2) is 5.58. The topological polar surface area (TPSA) is 29.5 Å². The third kappa shape index (κ3) is 2.22. The molecule has 2 saturated heterocycles. The van der Waals surface area contributed by atoms with Crippen LogP contribution in [0.4, 0.5) is 0 Å². The predicted molar refractivity (Wildman–Crippen MR) is 84.2 cm³/mol. The SMILES string of the molecule is O=[13C]1O[C@H](c2ccccc2)[C@H](c2ccccc2)N2CCC[C@@H]12. The molecule has 0 aliphatic carbocycles. The largest absolute Gasteiger partial charge is 0.454 e. The number of carbonyl (C=O) groups is 1. The van der Waals surface area contributed by atoms with Crippen molar-refractivity contribution in [3.63, 3.8) is 0 Å². The molecule has 0 aromatic heterocycles. The Hall–Kier alpha value is -2.13. The summed E-state index contributed by atoms with van der Waals surface area (Å²) in [4.78, 5) is 14.7. The zero-order chi connectivity index (χ0) is 14.9. The van der Waals surface area contributed by atoms with E-state index < -0.39 is 0 Å². The smallest absolute Gasteiger partial charge is 0.324 e.